The van der Waals surface area contributed by atoms with Crippen molar-refractivity contribution < 1.29 is 69.8 Å². The van der Waals surface area contributed by atoms with Crippen LogP contribution < -0.4 is 49.6 Å². The molecule has 3 radical (unpaired) electrons. The Bertz CT molecular complexity index is 4610. The maximum Gasteiger partial charge on any atom is 1.00 e. The van der Waals surface area contributed by atoms with Gasteiger partial charge in [0.15, 0.2) is 0 Å². The molecule has 3 aliphatic rings. The Hall–Kier alpha value is -10.9. The van der Waals surface area contributed by atoms with Crippen LogP contribution in [0.2, 0.25) is 0 Å². The molecule has 0 spiro atoms. The number of carbonyl (C=O) groups excluding carboxylic acids is 3. The minimum absolute atomic E-state index is 0. The second kappa shape index (κ2) is 39.7. The zero-order valence-electron chi connectivity index (χ0n) is 59.5. The van der Waals surface area contributed by atoms with E-state index in [9.17, 15) is 40.4 Å². The topological polar surface area (TPSA) is 354 Å². The molecule has 105 heavy (non-hydrogen) atoms. The fourth-order valence-corrected chi connectivity index (χ4v) is 12.5. The molecule has 12 heterocycles. The zero-order chi connectivity index (χ0) is 71.5. The number of ether oxygens (including phenoxy) is 1. The van der Waals surface area contributed by atoms with Gasteiger partial charge in [-0.2, -0.15) is 31.1 Å². The number of nitrogens with one attached hydrogen (secondary N) is 1. The molecule has 0 aliphatic carbocycles. The van der Waals surface area contributed by atoms with Crippen LogP contribution >= 0.6 is 0 Å². The normalized spacial score (nSPS) is 13.2. The number of piperazine rings is 3. The van der Waals surface area contributed by atoms with Crippen LogP contribution in [0.1, 0.15) is 86.6 Å². The van der Waals surface area contributed by atoms with Gasteiger partial charge < -0.3 is 58.6 Å². The summed E-state index contributed by atoms with van der Waals surface area (Å²) < 4.78 is 8.81. The third-order valence-corrected chi connectivity index (χ3v) is 17.4. The van der Waals surface area contributed by atoms with E-state index in [0.29, 0.717) is 27.7 Å². The van der Waals surface area contributed by atoms with Crippen molar-refractivity contribution in [3.05, 3.63) is 203 Å². The molecule has 3 fully saturated rings. The van der Waals surface area contributed by atoms with Crippen molar-refractivity contribution in [2.75, 3.05) is 93.2 Å². The molecule has 3 saturated heterocycles. The van der Waals surface area contributed by atoms with Crippen LogP contribution in [0.25, 0.3) is 49.9 Å². The first-order valence-electron chi connectivity index (χ1n) is 33.4. The van der Waals surface area contributed by atoms with Crippen molar-refractivity contribution in [2.24, 2.45) is 0 Å². The van der Waals surface area contributed by atoms with Gasteiger partial charge in [-0.05, 0) is 102 Å². The number of aromatic nitrogens is 9. The second-order valence-corrected chi connectivity index (χ2v) is 24.5. The summed E-state index contributed by atoms with van der Waals surface area (Å²) in [5.41, 5.74) is 15.3. The van der Waals surface area contributed by atoms with E-state index in [-0.39, 0.29) is 65.1 Å². The average molecular weight is 1430 g/mol. The molecular weight excluding hydrogens is 1340 g/mol. The predicted octanol–water partition coefficient (Wildman–Crippen LogP) is 5.49. The average Bonchev–Trinajstić information content (AvgIpc) is 1.75. The summed E-state index contributed by atoms with van der Waals surface area (Å²) in [6, 6.07) is 41.6. The third kappa shape index (κ3) is 21.4. The van der Waals surface area contributed by atoms with E-state index in [0.717, 1.165) is 166 Å². The summed E-state index contributed by atoms with van der Waals surface area (Å²) in [6.45, 7) is 23.8. The standard InChI is InChI=1S/C27H28N6.C26H26N6O.C17H16N6O.C4H6O3.C2H3BO.CH4.Na.2H2O/c1-3-21-6-4-5-7-23(21)19-31-10-12-32(13-11-31)26-9-8-22(16-29-26)25-14-20(2)18-33-27(25)24(15-28)17-30-33;1-2-19-5-3-4-6-21(19)17-30-9-11-31(12-10-30)25-8-7-20(15-28-25)24-13-23(33)18-32-26(24)22(14-27)16-29-32;18-8-13-10-21-23-11-14(24)7-15(17(13)23)12-1-2-16(20-9-12)22-5-3-19-4-6-22;1-3(5)7-4(2)6;1-2(3)4;;;;/h4-9,14,16-18H,3,10-13,19H2,1-2H3;3-8,13,15-16,18,33H,2,9-12,17H2,1H3;1-2,7,9-11,19,24H,3-6H2;1-2H3;1H3;1H4;;2*1H2/q;;;;-1;;+1;;. The van der Waals surface area contributed by atoms with Crippen LogP contribution in [0.15, 0.2) is 159 Å². The Balaban J connectivity index is 0.000000228. The summed E-state index contributed by atoms with van der Waals surface area (Å²) in [7, 11) is 4.47. The molecule has 9 aromatic heterocycles. The summed E-state index contributed by atoms with van der Waals surface area (Å²) >= 11 is 0. The molecule has 0 bridgehead atoms. The van der Waals surface area contributed by atoms with E-state index in [2.05, 4.69) is 161 Å². The predicted molar refractivity (Wildman–Crippen MR) is 402 cm³/mol. The number of nitrogens with zero attached hydrogens (tertiary/aromatic N) is 17. The van der Waals surface area contributed by atoms with Gasteiger partial charge in [-0.3, -0.25) is 19.4 Å². The van der Waals surface area contributed by atoms with Crippen molar-refractivity contribution in [3.63, 3.8) is 0 Å². The number of benzene rings is 2. The van der Waals surface area contributed by atoms with Gasteiger partial charge in [-0.25, -0.2) is 28.5 Å². The molecule has 0 amide bonds. The van der Waals surface area contributed by atoms with E-state index < -0.39 is 11.9 Å². The molecule has 3 aliphatic heterocycles. The number of hydrogen-bond donors (Lipinski definition) is 3. The third-order valence-electron chi connectivity index (χ3n) is 17.4. The van der Waals surface area contributed by atoms with Gasteiger partial charge in [-0.1, -0.05) is 76.7 Å². The molecule has 28 heteroatoms. The summed E-state index contributed by atoms with van der Waals surface area (Å²) in [6.07, 6.45) is 17.2. The van der Waals surface area contributed by atoms with E-state index in [1.807, 2.05) is 49.8 Å². The molecule has 26 nitrogen and oxygen atoms in total. The van der Waals surface area contributed by atoms with Gasteiger partial charge in [0.25, 0.3) is 0 Å². The number of carbonyl (C=O) groups is 3. The quantitative estimate of drug-likeness (QED) is 0.0773. The number of pyridine rings is 6. The van der Waals surface area contributed by atoms with E-state index in [4.69, 9.17) is 9.97 Å². The Morgan fingerprint density at radius 3 is 1.12 bits per heavy atom. The van der Waals surface area contributed by atoms with Gasteiger partial charge >= 0.3 is 41.5 Å². The van der Waals surface area contributed by atoms with Crippen LogP contribution in [0.3, 0.4) is 0 Å². The monoisotopic (exact) mass is 1430 g/mol. The van der Waals surface area contributed by atoms with E-state index in [1.165, 1.54) is 76.8 Å². The van der Waals surface area contributed by atoms with Crippen LogP contribution in [-0.2, 0) is 45.1 Å². The SMILES string of the molecule is C.CC(=O)OC(C)=O.CCc1ccccc1CN1CCN(c2ccc(-c3cc(C)cn4ncc(C#N)c34)cn2)CC1.CCc1ccccc1CN1CCN(c2ccc(-c3cc(O)cn4ncc(C#N)c34)cn2)CC1.N#Cc1cnn2cc(O)cc(-c3ccc(N4CCNCC4)nc3)c12.O.O.[B-]C(C)=O.[Na+]. The Labute approximate surface area is 634 Å². The second-order valence-electron chi connectivity index (χ2n) is 24.5. The number of aromatic hydroxyl groups is 2. The molecule has 11 aromatic rings. The van der Waals surface area contributed by atoms with Crippen LogP contribution in [0, 0.1) is 40.9 Å². The molecule has 14 rings (SSSR count). The molecule has 0 saturated carbocycles. The van der Waals surface area contributed by atoms with Gasteiger partial charge in [0.2, 0.25) is 0 Å². The van der Waals surface area contributed by atoms with Crippen molar-refractivity contribution >= 4 is 59.5 Å². The van der Waals surface area contributed by atoms with Gasteiger partial charge in [0, 0.05) is 164 Å². The van der Waals surface area contributed by atoms with E-state index >= 15 is 0 Å². The number of nitriles is 3. The fourth-order valence-electron chi connectivity index (χ4n) is 12.5. The van der Waals surface area contributed by atoms with E-state index in [1.54, 1.807) is 29.0 Å². The maximum atomic E-state index is 10.1. The first kappa shape index (κ1) is 83.1. The first-order chi connectivity index (χ1) is 48.9. The van der Waals surface area contributed by atoms with Crippen LogP contribution in [-0.4, -0.2) is 179 Å². The minimum atomic E-state index is -0.562. The molecule has 7 N–H and O–H groups in total. The Morgan fingerprint density at radius 1 is 0.495 bits per heavy atom. The van der Waals surface area contributed by atoms with Crippen molar-refractivity contribution in [2.45, 2.75) is 74.9 Å². The number of anilines is 3. The number of hydrogen-bond acceptors (Lipinski definition) is 21. The van der Waals surface area contributed by atoms with Gasteiger partial charge in [-0.15, -0.1) is 5.68 Å². The first-order valence-corrected chi connectivity index (χ1v) is 33.4. The molecule has 0 atom stereocenters. The minimum Gasteiger partial charge on any atom is -0.528 e. The zero-order valence-corrected chi connectivity index (χ0v) is 61.5. The molecular formula is C77H87BN18NaO8. The maximum absolute atomic E-state index is 10.1. The van der Waals surface area contributed by atoms with Gasteiger partial charge in [0.05, 0.1) is 64.2 Å². The van der Waals surface area contributed by atoms with Gasteiger partial charge in [0.1, 0.15) is 47.2 Å². The fraction of sp³-hybridized carbons (Fsp3) is 0.299. The largest absolute Gasteiger partial charge is 1.00 e. The number of aryl methyl sites for hydroxylation is 3. The summed E-state index contributed by atoms with van der Waals surface area (Å²) in [4.78, 5) is 54.8. The smallest absolute Gasteiger partial charge is 0.528 e. The van der Waals surface area contributed by atoms with Crippen LogP contribution in [0.5, 0.6) is 11.5 Å². The number of fused-ring (bicyclic) bond motifs is 3. The Kier molecular flexibility index (Phi) is 31.4. The molecule has 537 valence electrons. The van der Waals surface area contributed by atoms with Crippen LogP contribution in [0.4, 0.5) is 17.5 Å². The summed E-state index contributed by atoms with van der Waals surface area (Å²) in [5, 5.41) is 64.2. The Morgan fingerprint density at radius 2 is 0.819 bits per heavy atom. The summed E-state index contributed by atoms with van der Waals surface area (Å²) in [5.74, 6) is 1.94. The van der Waals surface area contributed by atoms with Crippen molar-refractivity contribution in [3.8, 4) is 63.1 Å². The molecule has 2 aromatic carbocycles. The van der Waals surface area contributed by atoms with Crippen molar-refractivity contribution in [1.82, 2.24) is 58.9 Å². The number of esters is 2. The van der Waals surface area contributed by atoms with Crippen molar-refractivity contribution in [1.29, 1.82) is 15.8 Å². The number of rotatable bonds is 12. The molecule has 0 unspecified atom stereocenters.